The molecule has 2 heterocycles. The molecule has 1 aromatic heterocycles. The van der Waals surface area contributed by atoms with Crippen LogP contribution in [0.15, 0.2) is 6.07 Å². The van der Waals surface area contributed by atoms with Gasteiger partial charge in [-0.3, -0.25) is 0 Å². The number of rotatable bonds is 4. The molecule has 8 heteroatoms. The predicted molar refractivity (Wildman–Crippen MR) is 69.6 cm³/mol. The Morgan fingerprint density at radius 3 is 2.80 bits per heavy atom. The summed E-state index contributed by atoms with van der Waals surface area (Å²) >= 11 is 0. The molecule has 1 aliphatic heterocycles. The summed E-state index contributed by atoms with van der Waals surface area (Å²) in [5.41, 5.74) is 0.708. The summed E-state index contributed by atoms with van der Waals surface area (Å²) < 4.78 is 10.3. The van der Waals surface area contributed by atoms with Gasteiger partial charge in [-0.15, -0.1) is 0 Å². The normalized spacial score (nSPS) is 30.1. The molecule has 20 heavy (non-hydrogen) atoms. The Morgan fingerprint density at radius 1 is 1.40 bits per heavy atom. The van der Waals surface area contributed by atoms with E-state index in [-0.39, 0.29) is 19.2 Å². The monoisotopic (exact) mass is 285 g/mol. The van der Waals surface area contributed by atoms with Gasteiger partial charge >= 0.3 is 6.01 Å². The molecule has 0 radical (unpaired) electrons. The van der Waals surface area contributed by atoms with E-state index in [1.807, 2.05) is 0 Å². The SMILES string of the molecule is COc1nc(C)cc(N[C@H]2CO[C@H](CO)[C@H](O)[C@@H]2O)n1. The zero-order chi connectivity index (χ0) is 14.7. The Kier molecular flexibility index (Phi) is 4.71. The highest BCUT2D eigenvalue weighted by molar-refractivity contribution is 5.38. The van der Waals surface area contributed by atoms with E-state index in [1.165, 1.54) is 7.11 Å². The molecule has 4 N–H and O–H groups in total. The zero-order valence-corrected chi connectivity index (χ0v) is 11.4. The number of aliphatic hydroxyl groups is 3. The van der Waals surface area contributed by atoms with Gasteiger partial charge < -0.3 is 30.1 Å². The molecule has 8 nitrogen and oxygen atoms in total. The van der Waals surface area contributed by atoms with Crippen molar-refractivity contribution in [3.05, 3.63) is 11.8 Å². The van der Waals surface area contributed by atoms with E-state index in [2.05, 4.69) is 15.3 Å². The first-order chi connectivity index (χ1) is 9.55. The van der Waals surface area contributed by atoms with Gasteiger partial charge in [0.05, 0.1) is 26.4 Å². The van der Waals surface area contributed by atoms with E-state index in [0.29, 0.717) is 11.5 Å². The minimum Gasteiger partial charge on any atom is -0.467 e. The quantitative estimate of drug-likeness (QED) is 0.538. The van der Waals surface area contributed by atoms with E-state index in [4.69, 9.17) is 14.6 Å². The lowest BCUT2D eigenvalue weighted by atomic mass is 9.98. The average Bonchev–Trinajstić information content (AvgIpc) is 2.43. The van der Waals surface area contributed by atoms with Crippen molar-refractivity contribution in [2.45, 2.75) is 31.3 Å². The molecule has 112 valence electrons. The molecule has 1 fully saturated rings. The first-order valence-electron chi connectivity index (χ1n) is 6.30. The molecular formula is C12H19N3O5. The number of aryl methyl sites for hydroxylation is 1. The van der Waals surface area contributed by atoms with Crippen LogP contribution >= 0.6 is 0 Å². The number of anilines is 1. The first-order valence-corrected chi connectivity index (χ1v) is 6.30. The molecule has 0 spiro atoms. The third kappa shape index (κ3) is 3.15. The zero-order valence-electron chi connectivity index (χ0n) is 11.4. The van der Waals surface area contributed by atoms with Gasteiger partial charge in [0.25, 0.3) is 0 Å². The fourth-order valence-electron chi connectivity index (χ4n) is 2.07. The van der Waals surface area contributed by atoms with Gasteiger partial charge in [-0.25, -0.2) is 4.98 Å². The van der Waals surface area contributed by atoms with Crippen molar-refractivity contribution >= 4 is 5.82 Å². The van der Waals surface area contributed by atoms with Gasteiger partial charge in [-0.2, -0.15) is 4.98 Å². The summed E-state index contributed by atoms with van der Waals surface area (Å²) in [6, 6.07) is 1.37. The summed E-state index contributed by atoms with van der Waals surface area (Å²) in [5, 5.41) is 31.8. The topological polar surface area (TPSA) is 117 Å². The van der Waals surface area contributed by atoms with Crippen molar-refractivity contribution in [2.75, 3.05) is 25.6 Å². The highest BCUT2D eigenvalue weighted by Gasteiger charge is 2.38. The smallest absolute Gasteiger partial charge is 0.318 e. The minimum absolute atomic E-state index is 0.148. The third-order valence-corrected chi connectivity index (χ3v) is 3.16. The minimum atomic E-state index is -1.16. The molecule has 0 saturated carbocycles. The number of methoxy groups -OCH3 is 1. The van der Waals surface area contributed by atoms with E-state index in [1.54, 1.807) is 13.0 Å². The Morgan fingerprint density at radius 2 is 2.15 bits per heavy atom. The second kappa shape index (κ2) is 6.31. The fraction of sp³-hybridized carbons (Fsp3) is 0.667. The summed E-state index contributed by atoms with van der Waals surface area (Å²) in [4.78, 5) is 8.16. The average molecular weight is 285 g/mol. The molecule has 0 aromatic carbocycles. The summed E-state index contributed by atoms with van der Waals surface area (Å²) in [7, 11) is 1.46. The molecular weight excluding hydrogens is 266 g/mol. The Labute approximate surface area is 116 Å². The van der Waals surface area contributed by atoms with E-state index in [0.717, 1.165) is 0 Å². The fourth-order valence-corrected chi connectivity index (χ4v) is 2.07. The van der Waals surface area contributed by atoms with Crippen molar-refractivity contribution in [2.24, 2.45) is 0 Å². The lowest BCUT2D eigenvalue weighted by Gasteiger charge is -2.37. The van der Waals surface area contributed by atoms with Crippen LogP contribution in [0.5, 0.6) is 6.01 Å². The molecule has 4 atom stereocenters. The maximum atomic E-state index is 10.0. The third-order valence-electron chi connectivity index (χ3n) is 3.16. The largest absolute Gasteiger partial charge is 0.467 e. The maximum Gasteiger partial charge on any atom is 0.318 e. The van der Waals surface area contributed by atoms with Gasteiger partial charge in [-0.1, -0.05) is 0 Å². The molecule has 0 bridgehead atoms. The van der Waals surface area contributed by atoms with Gasteiger partial charge in [0.1, 0.15) is 24.1 Å². The molecule has 2 rings (SSSR count). The Bertz CT molecular complexity index is 459. The van der Waals surface area contributed by atoms with Crippen LogP contribution < -0.4 is 10.1 Å². The van der Waals surface area contributed by atoms with E-state index < -0.39 is 24.4 Å². The van der Waals surface area contributed by atoms with Gasteiger partial charge in [0.2, 0.25) is 0 Å². The van der Waals surface area contributed by atoms with Crippen LogP contribution in [0, 0.1) is 6.92 Å². The molecule has 0 amide bonds. The first kappa shape index (κ1) is 14.9. The van der Waals surface area contributed by atoms with Crippen molar-refractivity contribution < 1.29 is 24.8 Å². The lowest BCUT2D eigenvalue weighted by molar-refractivity contribution is -0.152. The van der Waals surface area contributed by atoms with Crippen LogP contribution in [0.1, 0.15) is 5.69 Å². The molecule has 0 aliphatic carbocycles. The number of nitrogens with one attached hydrogen (secondary N) is 1. The van der Waals surface area contributed by atoms with Crippen LogP contribution in [0.4, 0.5) is 5.82 Å². The highest BCUT2D eigenvalue weighted by Crippen LogP contribution is 2.19. The summed E-state index contributed by atoms with van der Waals surface area (Å²) in [6.45, 7) is 1.60. The van der Waals surface area contributed by atoms with Gasteiger partial charge in [0, 0.05) is 11.8 Å². The highest BCUT2D eigenvalue weighted by atomic mass is 16.5. The van der Waals surface area contributed by atoms with E-state index in [9.17, 15) is 10.2 Å². The molecule has 1 saturated heterocycles. The number of aromatic nitrogens is 2. The van der Waals surface area contributed by atoms with Crippen molar-refractivity contribution in [1.29, 1.82) is 0 Å². The second-order valence-corrected chi connectivity index (χ2v) is 4.67. The number of ether oxygens (including phenoxy) is 2. The lowest BCUT2D eigenvalue weighted by Crippen LogP contribution is -2.56. The van der Waals surface area contributed by atoms with Crippen LogP contribution in [0.25, 0.3) is 0 Å². The second-order valence-electron chi connectivity index (χ2n) is 4.67. The van der Waals surface area contributed by atoms with Crippen LogP contribution in [0.3, 0.4) is 0 Å². The molecule has 0 unspecified atom stereocenters. The Hall–Kier alpha value is -1.48. The Balaban J connectivity index is 2.08. The summed E-state index contributed by atoms with van der Waals surface area (Å²) in [6.07, 6.45) is -3.00. The van der Waals surface area contributed by atoms with Gasteiger partial charge in [0.15, 0.2) is 0 Å². The number of nitrogens with zero attached hydrogens (tertiary/aromatic N) is 2. The van der Waals surface area contributed by atoms with E-state index >= 15 is 0 Å². The molecule has 1 aromatic rings. The van der Waals surface area contributed by atoms with Crippen LogP contribution in [0.2, 0.25) is 0 Å². The standard InChI is InChI=1S/C12H19N3O5/c1-6-3-9(15-12(13-6)19-2)14-7-5-20-8(4-16)11(18)10(7)17/h3,7-8,10-11,16-18H,4-5H2,1-2H3,(H,13,14,15)/t7-,8+,10+,11-/m0/s1. The predicted octanol–water partition coefficient (Wildman–Crippen LogP) is -1.31. The van der Waals surface area contributed by atoms with Gasteiger partial charge in [-0.05, 0) is 6.92 Å². The number of hydrogen-bond donors (Lipinski definition) is 4. The number of aliphatic hydroxyl groups excluding tert-OH is 3. The van der Waals surface area contributed by atoms with Crippen LogP contribution in [-0.4, -0.2) is 70.0 Å². The van der Waals surface area contributed by atoms with Crippen molar-refractivity contribution in [3.63, 3.8) is 0 Å². The number of hydrogen-bond acceptors (Lipinski definition) is 8. The van der Waals surface area contributed by atoms with Crippen molar-refractivity contribution in [1.82, 2.24) is 9.97 Å². The van der Waals surface area contributed by atoms with Crippen LogP contribution in [-0.2, 0) is 4.74 Å². The molecule has 1 aliphatic rings. The summed E-state index contributed by atoms with van der Waals surface area (Å²) in [5.74, 6) is 0.469. The van der Waals surface area contributed by atoms with Crippen molar-refractivity contribution in [3.8, 4) is 6.01 Å². The maximum absolute atomic E-state index is 10.0.